The average molecular weight is 253 g/mol. The summed E-state index contributed by atoms with van der Waals surface area (Å²) in [6, 6.07) is 1.91. The Morgan fingerprint density at radius 2 is 1.56 bits per heavy atom. The second-order valence-corrected chi connectivity index (χ2v) is 3.85. The number of aryl methyl sites for hydroxylation is 2. The van der Waals surface area contributed by atoms with Gasteiger partial charge in [-0.05, 0) is 26.0 Å². The molecular formula is C12H10F3N3. The lowest BCUT2D eigenvalue weighted by Crippen LogP contribution is -2.04. The Morgan fingerprint density at radius 3 is 2.22 bits per heavy atom. The number of nitrogens with zero attached hydrogens (tertiary/aromatic N) is 2. The molecule has 0 atom stereocenters. The van der Waals surface area contributed by atoms with Gasteiger partial charge in [0.25, 0.3) is 0 Å². The number of rotatable bonds is 1. The summed E-state index contributed by atoms with van der Waals surface area (Å²) < 4.78 is 39.6. The number of anilines is 1. The number of nitrogen functional groups attached to an aromatic ring is 1. The highest BCUT2D eigenvalue weighted by molar-refractivity contribution is 5.70. The van der Waals surface area contributed by atoms with Gasteiger partial charge in [0.15, 0.2) is 17.5 Å². The third-order valence-corrected chi connectivity index (χ3v) is 2.62. The zero-order valence-electron chi connectivity index (χ0n) is 9.76. The van der Waals surface area contributed by atoms with Crippen LogP contribution in [0.4, 0.5) is 19.0 Å². The van der Waals surface area contributed by atoms with Crippen LogP contribution in [-0.2, 0) is 0 Å². The van der Waals surface area contributed by atoms with E-state index in [1.165, 1.54) is 0 Å². The number of hydrogen-bond acceptors (Lipinski definition) is 3. The van der Waals surface area contributed by atoms with Gasteiger partial charge in [0.2, 0.25) is 0 Å². The summed E-state index contributed by atoms with van der Waals surface area (Å²) in [5, 5.41) is 0. The molecule has 0 spiro atoms. The smallest absolute Gasteiger partial charge is 0.195 e. The van der Waals surface area contributed by atoms with Gasteiger partial charge in [0, 0.05) is 5.56 Å². The van der Waals surface area contributed by atoms with Crippen LogP contribution in [0.2, 0.25) is 0 Å². The van der Waals surface area contributed by atoms with Gasteiger partial charge < -0.3 is 5.73 Å². The highest BCUT2D eigenvalue weighted by Gasteiger charge is 2.18. The topological polar surface area (TPSA) is 51.8 Å². The number of benzene rings is 1. The van der Waals surface area contributed by atoms with Crippen LogP contribution >= 0.6 is 0 Å². The normalized spacial score (nSPS) is 10.7. The van der Waals surface area contributed by atoms with Gasteiger partial charge in [-0.25, -0.2) is 23.1 Å². The van der Waals surface area contributed by atoms with E-state index in [4.69, 9.17) is 5.73 Å². The number of hydrogen-bond donors (Lipinski definition) is 1. The molecule has 0 amide bonds. The SMILES string of the molecule is Cc1nc(N)c(-c2ccc(F)c(F)c2F)nc1C. The first-order valence-electron chi connectivity index (χ1n) is 5.16. The predicted molar refractivity (Wildman–Crippen MR) is 61.2 cm³/mol. The quantitative estimate of drug-likeness (QED) is 0.795. The fourth-order valence-corrected chi connectivity index (χ4v) is 1.53. The van der Waals surface area contributed by atoms with Gasteiger partial charge in [-0.2, -0.15) is 0 Å². The molecule has 1 aromatic carbocycles. The molecule has 0 aliphatic carbocycles. The Hall–Kier alpha value is -2.11. The standard InChI is InChI=1S/C12H10F3N3/c1-5-6(2)18-12(16)11(17-5)7-3-4-8(13)10(15)9(7)14/h3-4H,1-2H3,(H2,16,18). The van der Waals surface area contributed by atoms with Gasteiger partial charge in [-0.3, -0.25) is 0 Å². The summed E-state index contributed by atoms with van der Waals surface area (Å²) in [5.41, 5.74) is 6.57. The number of nitrogens with two attached hydrogens (primary N) is 1. The van der Waals surface area contributed by atoms with E-state index in [-0.39, 0.29) is 17.1 Å². The van der Waals surface area contributed by atoms with E-state index in [1.807, 2.05) is 0 Å². The average Bonchev–Trinajstić information content (AvgIpc) is 2.32. The fourth-order valence-electron chi connectivity index (χ4n) is 1.53. The van der Waals surface area contributed by atoms with Crippen LogP contribution in [0, 0.1) is 31.3 Å². The van der Waals surface area contributed by atoms with Crippen molar-refractivity contribution in [3.8, 4) is 11.3 Å². The summed E-state index contributed by atoms with van der Waals surface area (Å²) in [6.07, 6.45) is 0. The molecule has 0 saturated carbocycles. The Labute approximate surface area is 101 Å². The molecule has 1 aromatic heterocycles. The predicted octanol–water partition coefficient (Wildman–Crippen LogP) is 2.76. The van der Waals surface area contributed by atoms with E-state index in [0.717, 1.165) is 12.1 Å². The molecule has 18 heavy (non-hydrogen) atoms. The first-order chi connectivity index (χ1) is 8.41. The maximum absolute atomic E-state index is 13.6. The van der Waals surface area contributed by atoms with Crippen molar-refractivity contribution in [2.75, 3.05) is 5.73 Å². The van der Waals surface area contributed by atoms with Crippen LogP contribution in [0.5, 0.6) is 0 Å². The number of halogens is 3. The minimum Gasteiger partial charge on any atom is -0.382 e. The summed E-state index contributed by atoms with van der Waals surface area (Å²) in [6.45, 7) is 3.37. The van der Waals surface area contributed by atoms with E-state index in [0.29, 0.717) is 11.4 Å². The van der Waals surface area contributed by atoms with Crippen LogP contribution in [-0.4, -0.2) is 9.97 Å². The minimum absolute atomic E-state index is 0.00880. The van der Waals surface area contributed by atoms with Crippen LogP contribution in [0.1, 0.15) is 11.4 Å². The van der Waals surface area contributed by atoms with Crippen molar-refractivity contribution in [3.63, 3.8) is 0 Å². The third-order valence-electron chi connectivity index (χ3n) is 2.62. The van der Waals surface area contributed by atoms with Crippen LogP contribution in [0.25, 0.3) is 11.3 Å². The first kappa shape index (κ1) is 12.3. The van der Waals surface area contributed by atoms with Gasteiger partial charge >= 0.3 is 0 Å². The van der Waals surface area contributed by atoms with Crippen molar-refractivity contribution in [3.05, 3.63) is 41.0 Å². The second kappa shape index (κ2) is 4.29. The van der Waals surface area contributed by atoms with Crippen molar-refractivity contribution in [1.82, 2.24) is 9.97 Å². The van der Waals surface area contributed by atoms with Crippen LogP contribution < -0.4 is 5.73 Å². The van der Waals surface area contributed by atoms with Crippen LogP contribution in [0.15, 0.2) is 12.1 Å². The van der Waals surface area contributed by atoms with Crippen molar-refractivity contribution >= 4 is 5.82 Å². The Bertz CT molecular complexity index is 626. The van der Waals surface area contributed by atoms with Crippen molar-refractivity contribution in [2.45, 2.75) is 13.8 Å². The van der Waals surface area contributed by atoms with Gasteiger partial charge in [-0.1, -0.05) is 0 Å². The summed E-state index contributed by atoms with van der Waals surface area (Å²) in [5.74, 6) is -4.15. The zero-order chi connectivity index (χ0) is 13.4. The maximum Gasteiger partial charge on any atom is 0.195 e. The number of aromatic nitrogens is 2. The fraction of sp³-hybridized carbons (Fsp3) is 0.167. The van der Waals surface area contributed by atoms with E-state index >= 15 is 0 Å². The molecule has 6 heteroatoms. The molecule has 3 nitrogen and oxygen atoms in total. The molecule has 0 radical (unpaired) electrons. The summed E-state index contributed by atoms with van der Waals surface area (Å²) in [7, 11) is 0. The van der Waals surface area contributed by atoms with E-state index in [9.17, 15) is 13.2 Å². The molecule has 0 unspecified atom stereocenters. The van der Waals surface area contributed by atoms with E-state index in [2.05, 4.69) is 9.97 Å². The van der Waals surface area contributed by atoms with Crippen molar-refractivity contribution in [2.24, 2.45) is 0 Å². The summed E-state index contributed by atoms with van der Waals surface area (Å²) in [4.78, 5) is 8.03. The lowest BCUT2D eigenvalue weighted by Gasteiger charge is -2.09. The monoisotopic (exact) mass is 253 g/mol. The zero-order valence-corrected chi connectivity index (χ0v) is 9.76. The minimum atomic E-state index is -1.55. The molecular weight excluding hydrogens is 243 g/mol. The largest absolute Gasteiger partial charge is 0.382 e. The summed E-state index contributed by atoms with van der Waals surface area (Å²) >= 11 is 0. The first-order valence-corrected chi connectivity index (χ1v) is 5.16. The highest BCUT2D eigenvalue weighted by Crippen LogP contribution is 2.28. The lowest BCUT2D eigenvalue weighted by atomic mass is 10.1. The molecule has 2 rings (SSSR count). The van der Waals surface area contributed by atoms with Crippen LogP contribution in [0.3, 0.4) is 0 Å². The highest BCUT2D eigenvalue weighted by atomic mass is 19.2. The van der Waals surface area contributed by atoms with E-state index < -0.39 is 17.5 Å². The Balaban J connectivity index is 2.70. The molecule has 2 aromatic rings. The maximum atomic E-state index is 13.6. The molecule has 2 N–H and O–H groups in total. The lowest BCUT2D eigenvalue weighted by molar-refractivity contribution is 0.449. The molecule has 0 aliphatic heterocycles. The molecule has 0 saturated heterocycles. The van der Waals surface area contributed by atoms with Gasteiger partial charge in [-0.15, -0.1) is 0 Å². The van der Waals surface area contributed by atoms with Crippen molar-refractivity contribution in [1.29, 1.82) is 0 Å². The molecule has 1 heterocycles. The molecule has 0 fully saturated rings. The van der Waals surface area contributed by atoms with Gasteiger partial charge in [0.05, 0.1) is 11.4 Å². The molecule has 0 bridgehead atoms. The molecule has 0 aliphatic rings. The second-order valence-electron chi connectivity index (χ2n) is 3.85. The third kappa shape index (κ3) is 1.90. The molecule has 94 valence electrons. The van der Waals surface area contributed by atoms with Crippen molar-refractivity contribution < 1.29 is 13.2 Å². The Kier molecular flexibility index (Phi) is 2.94. The van der Waals surface area contributed by atoms with E-state index in [1.54, 1.807) is 13.8 Å². The Morgan fingerprint density at radius 1 is 0.944 bits per heavy atom. The van der Waals surface area contributed by atoms with Gasteiger partial charge in [0.1, 0.15) is 11.5 Å².